The van der Waals surface area contributed by atoms with E-state index < -0.39 is 24.7 Å². The number of aliphatic hydroxyl groups excluding tert-OH is 1. The van der Waals surface area contributed by atoms with E-state index in [-0.39, 0.29) is 9.90 Å². The lowest BCUT2D eigenvalue weighted by Crippen LogP contribution is -2.40. The van der Waals surface area contributed by atoms with Gasteiger partial charge in [0.15, 0.2) is 6.10 Å². The summed E-state index contributed by atoms with van der Waals surface area (Å²) in [5.41, 5.74) is 0. The first-order chi connectivity index (χ1) is 9.70. The van der Waals surface area contributed by atoms with E-state index in [0.29, 0.717) is 15.1 Å². The van der Waals surface area contributed by atoms with E-state index in [0.717, 1.165) is 11.3 Å². The monoisotopic (exact) mass is 357 g/mol. The number of carbonyl (C=O) groups is 1. The van der Waals surface area contributed by atoms with E-state index in [1.165, 1.54) is 0 Å². The van der Waals surface area contributed by atoms with Gasteiger partial charge in [-0.1, -0.05) is 29.3 Å². The van der Waals surface area contributed by atoms with Gasteiger partial charge in [0, 0.05) is 15.1 Å². The number of nitrogens with one attached hydrogen (secondary N) is 1. The lowest BCUT2D eigenvalue weighted by atomic mass is 10.2. The van der Waals surface area contributed by atoms with E-state index in [2.05, 4.69) is 0 Å². The summed E-state index contributed by atoms with van der Waals surface area (Å²) in [6, 6.07) is 4.82. The Morgan fingerprint density at radius 1 is 1.38 bits per heavy atom. The fraction of sp³-hybridized carbons (Fsp3) is 0.250. The van der Waals surface area contributed by atoms with Crippen LogP contribution in [-0.2, 0) is 0 Å². The van der Waals surface area contributed by atoms with Crippen molar-refractivity contribution in [2.45, 2.75) is 12.3 Å². The number of benzene rings is 1. The van der Waals surface area contributed by atoms with E-state index in [1.54, 1.807) is 18.2 Å². The average Bonchev–Trinajstić information content (AvgIpc) is 2.71. The highest BCUT2D eigenvalue weighted by atomic mass is 35.5. The van der Waals surface area contributed by atoms with Crippen molar-refractivity contribution >= 4 is 50.5 Å². The van der Waals surface area contributed by atoms with Gasteiger partial charge in [-0.2, -0.15) is 13.2 Å². The fourth-order valence-electron chi connectivity index (χ4n) is 1.57. The van der Waals surface area contributed by atoms with Crippen molar-refractivity contribution in [3.63, 3.8) is 0 Å². The molecule has 0 fully saturated rings. The number of rotatable bonds is 3. The number of carbonyl (C=O) groups excluding carboxylic acids is 1. The van der Waals surface area contributed by atoms with Gasteiger partial charge in [0.1, 0.15) is 4.88 Å². The molecule has 2 aromatic rings. The molecule has 0 aliphatic rings. The maximum atomic E-state index is 12.2. The minimum absolute atomic E-state index is 0.0725. The first-order valence-electron chi connectivity index (χ1n) is 5.60. The Labute approximate surface area is 131 Å². The van der Waals surface area contributed by atoms with Crippen molar-refractivity contribution in [2.75, 3.05) is 6.54 Å². The number of hydrogen-bond donors (Lipinski definition) is 2. The SMILES string of the molecule is O=C(NCC(O)C(F)(F)F)c1sc2cc(Cl)ccc2c1Cl. The van der Waals surface area contributed by atoms with Crippen molar-refractivity contribution in [1.82, 2.24) is 5.32 Å². The van der Waals surface area contributed by atoms with Gasteiger partial charge in [0.2, 0.25) is 0 Å². The minimum Gasteiger partial charge on any atom is -0.382 e. The van der Waals surface area contributed by atoms with Crippen LogP contribution in [0.3, 0.4) is 0 Å². The lowest BCUT2D eigenvalue weighted by molar-refractivity contribution is -0.201. The summed E-state index contributed by atoms with van der Waals surface area (Å²) in [7, 11) is 0. The molecule has 0 saturated heterocycles. The summed E-state index contributed by atoms with van der Waals surface area (Å²) >= 11 is 12.9. The summed E-state index contributed by atoms with van der Waals surface area (Å²) < 4.78 is 37.1. The molecule has 3 nitrogen and oxygen atoms in total. The summed E-state index contributed by atoms with van der Waals surface area (Å²) in [5, 5.41) is 12.0. The number of aliphatic hydroxyl groups is 1. The molecule has 0 radical (unpaired) electrons. The van der Waals surface area contributed by atoms with Crippen molar-refractivity contribution < 1.29 is 23.1 Å². The van der Waals surface area contributed by atoms with Gasteiger partial charge in [-0.25, -0.2) is 0 Å². The number of alkyl halides is 3. The van der Waals surface area contributed by atoms with Crippen LogP contribution in [-0.4, -0.2) is 29.8 Å². The Bertz CT molecular complexity index is 687. The average molecular weight is 358 g/mol. The molecule has 1 aromatic carbocycles. The van der Waals surface area contributed by atoms with Gasteiger partial charge in [0.25, 0.3) is 5.91 Å². The molecule has 0 saturated carbocycles. The van der Waals surface area contributed by atoms with Crippen LogP contribution < -0.4 is 5.32 Å². The van der Waals surface area contributed by atoms with Crippen LogP contribution in [0.15, 0.2) is 18.2 Å². The third-order valence-corrected chi connectivity index (χ3v) is 4.52. The summed E-state index contributed by atoms with van der Waals surface area (Å²) in [6.45, 7) is -0.937. The van der Waals surface area contributed by atoms with Crippen LogP contribution in [0.5, 0.6) is 0 Å². The first-order valence-corrected chi connectivity index (χ1v) is 7.18. The lowest BCUT2D eigenvalue weighted by Gasteiger charge is -2.14. The summed E-state index contributed by atoms with van der Waals surface area (Å²) in [5.74, 6) is -0.777. The Morgan fingerprint density at radius 2 is 2.05 bits per heavy atom. The van der Waals surface area contributed by atoms with Crippen LogP contribution in [0.25, 0.3) is 10.1 Å². The van der Waals surface area contributed by atoms with Crippen molar-refractivity contribution in [3.05, 3.63) is 33.1 Å². The molecule has 1 amide bonds. The molecule has 114 valence electrons. The predicted octanol–water partition coefficient (Wildman–Crippen LogP) is 3.86. The Kier molecular flexibility index (Phi) is 4.67. The fourth-order valence-corrected chi connectivity index (χ4v) is 3.28. The van der Waals surface area contributed by atoms with E-state index in [4.69, 9.17) is 28.3 Å². The molecule has 0 aliphatic heterocycles. The highest BCUT2D eigenvalue weighted by Gasteiger charge is 2.38. The Balaban J connectivity index is 2.18. The molecule has 9 heteroatoms. The van der Waals surface area contributed by atoms with Crippen LogP contribution in [0, 0.1) is 0 Å². The largest absolute Gasteiger partial charge is 0.416 e. The number of amides is 1. The smallest absolute Gasteiger partial charge is 0.382 e. The maximum Gasteiger partial charge on any atom is 0.416 e. The van der Waals surface area contributed by atoms with Crippen LogP contribution >= 0.6 is 34.5 Å². The molecule has 21 heavy (non-hydrogen) atoms. The van der Waals surface area contributed by atoms with E-state index in [9.17, 15) is 18.0 Å². The van der Waals surface area contributed by atoms with Crippen LogP contribution in [0.4, 0.5) is 13.2 Å². The zero-order valence-corrected chi connectivity index (χ0v) is 12.5. The van der Waals surface area contributed by atoms with Gasteiger partial charge < -0.3 is 10.4 Å². The van der Waals surface area contributed by atoms with Crippen molar-refractivity contribution in [1.29, 1.82) is 0 Å². The number of halogens is 5. The molecule has 0 aliphatic carbocycles. The van der Waals surface area contributed by atoms with Crippen molar-refractivity contribution in [3.8, 4) is 0 Å². The second kappa shape index (κ2) is 6.00. The normalized spacial score (nSPS) is 13.4. The third-order valence-electron chi connectivity index (χ3n) is 2.63. The number of hydrogen-bond acceptors (Lipinski definition) is 3. The molecular formula is C12H8Cl2F3NO2S. The molecule has 2 rings (SSSR count). The molecule has 0 spiro atoms. The Morgan fingerprint density at radius 3 is 2.67 bits per heavy atom. The number of thiophene rings is 1. The standard InChI is InChI=1S/C12H8Cl2F3NO2S/c13-5-1-2-6-7(3-5)21-10(9(6)14)11(20)18-4-8(19)12(15,16)17/h1-3,8,19H,4H2,(H,18,20). The highest BCUT2D eigenvalue weighted by molar-refractivity contribution is 7.21. The predicted molar refractivity (Wildman–Crippen MR) is 76.2 cm³/mol. The molecule has 1 heterocycles. The molecular weight excluding hydrogens is 350 g/mol. The Hall–Kier alpha value is -1.02. The summed E-state index contributed by atoms with van der Waals surface area (Å²) in [6.07, 6.45) is -7.41. The maximum absolute atomic E-state index is 12.2. The zero-order valence-electron chi connectivity index (χ0n) is 10.2. The second-order valence-corrected chi connectivity index (χ2v) is 6.02. The zero-order chi connectivity index (χ0) is 15.8. The number of fused-ring (bicyclic) bond motifs is 1. The van der Waals surface area contributed by atoms with Crippen LogP contribution in [0.2, 0.25) is 10.0 Å². The topological polar surface area (TPSA) is 49.3 Å². The van der Waals surface area contributed by atoms with Gasteiger partial charge in [0.05, 0.1) is 11.6 Å². The second-order valence-electron chi connectivity index (χ2n) is 4.15. The quantitative estimate of drug-likeness (QED) is 0.876. The molecule has 0 bridgehead atoms. The summed E-state index contributed by atoms with van der Waals surface area (Å²) in [4.78, 5) is 11.9. The molecule has 1 unspecified atom stereocenters. The third kappa shape index (κ3) is 3.60. The molecule has 1 aromatic heterocycles. The van der Waals surface area contributed by atoms with Crippen LogP contribution in [0.1, 0.15) is 9.67 Å². The van der Waals surface area contributed by atoms with Gasteiger partial charge in [-0.05, 0) is 12.1 Å². The molecule has 1 atom stereocenters. The van der Waals surface area contributed by atoms with Gasteiger partial charge in [-0.15, -0.1) is 11.3 Å². The van der Waals surface area contributed by atoms with Gasteiger partial charge in [-0.3, -0.25) is 4.79 Å². The van der Waals surface area contributed by atoms with E-state index >= 15 is 0 Å². The molecule has 2 N–H and O–H groups in total. The highest BCUT2D eigenvalue weighted by Crippen LogP contribution is 2.36. The van der Waals surface area contributed by atoms with Crippen molar-refractivity contribution in [2.24, 2.45) is 0 Å². The van der Waals surface area contributed by atoms with Gasteiger partial charge >= 0.3 is 6.18 Å². The minimum atomic E-state index is -4.79. The first kappa shape index (κ1) is 16.4. The van der Waals surface area contributed by atoms with E-state index in [1.807, 2.05) is 5.32 Å².